The molecule has 1 aromatic carbocycles. The van der Waals surface area contributed by atoms with E-state index in [1.54, 1.807) is 0 Å². The minimum atomic E-state index is -0.330. The van der Waals surface area contributed by atoms with E-state index >= 15 is 0 Å². The van der Waals surface area contributed by atoms with Gasteiger partial charge < -0.3 is 10.3 Å². The summed E-state index contributed by atoms with van der Waals surface area (Å²) in [6, 6.07) is 9.30. The number of hydrogen-bond donors (Lipinski definition) is 1. The molecule has 0 bridgehead atoms. The Hall–Kier alpha value is -1.68. The van der Waals surface area contributed by atoms with Crippen molar-refractivity contribution in [1.82, 2.24) is 10.1 Å². The Morgan fingerprint density at radius 1 is 1.23 bits per heavy atom. The summed E-state index contributed by atoms with van der Waals surface area (Å²) in [7, 11) is 0. The highest BCUT2D eigenvalue weighted by molar-refractivity contribution is 5.22. The molecule has 0 aliphatic heterocycles. The van der Waals surface area contributed by atoms with Gasteiger partial charge in [0.05, 0.1) is 0 Å². The van der Waals surface area contributed by atoms with Gasteiger partial charge >= 0.3 is 0 Å². The summed E-state index contributed by atoms with van der Waals surface area (Å²) in [5, 5.41) is 3.50. The van der Waals surface area contributed by atoms with Crippen molar-refractivity contribution in [3.8, 4) is 0 Å². The van der Waals surface area contributed by atoms with Crippen LogP contribution in [0.4, 0.5) is 0 Å². The van der Waals surface area contributed by atoms with Crippen LogP contribution in [0.3, 0.4) is 0 Å². The number of rotatable bonds is 2. The van der Waals surface area contributed by atoms with Gasteiger partial charge in [-0.15, -0.1) is 0 Å². The first-order chi connectivity index (χ1) is 6.38. The normalized spacial score (nSPS) is 12.7. The molecule has 1 atom stereocenters. The van der Waals surface area contributed by atoms with Crippen LogP contribution in [0.15, 0.2) is 41.2 Å². The van der Waals surface area contributed by atoms with Crippen LogP contribution >= 0.6 is 0 Å². The average Bonchev–Trinajstić information content (AvgIpc) is 2.71. The molecule has 0 radical (unpaired) electrons. The van der Waals surface area contributed by atoms with Gasteiger partial charge in [-0.1, -0.05) is 35.5 Å². The zero-order valence-corrected chi connectivity index (χ0v) is 6.92. The molecule has 0 saturated heterocycles. The highest BCUT2D eigenvalue weighted by atomic mass is 16.5. The standard InChI is InChI=1S/C9H9N3O/c10-8(9-11-6-12-13-9)7-4-2-1-3-5-7/h1-6,8H,10H2. The first-order valence-corrected chi connectivity index (χ1v) is 3.95. The Balaban J connectivity index is 2.29. The van der Waals surface area contributed by atoms with E-state index in [2.05, 4.69) is 10.1 Å². The van der Waals surface area contributed by atoms with Crippen LogP contribution in [-0.2, 0) is 0 Å². The third-order valence-electron chi connectivity index (χ3n) is 1.80. The van der Waals surface area contributed by atoms with Gasteiger partial charge in [-0.25, -0.2) is 0 Å². The number of nitrogens with two attached hydrogens (primary N) is 1. The second kappa shape index (κ2) is 3.37. The quantitative estimate of drug-likeness (QED) is 0.742. The van der Waals surface area contributed by atoms with Crippen molar-refractivity contribution in [1.29, 1.82) is 0 Å². The molecule has 0 spiro atoms. The lowest BCUT2D eigenvalue weighted by Crippen LogP contribution is -2.11. The minimum absolute atomic E-state index is 0.330. The summed E-state index contributed by atoms with van der Waals surface area (Å²) in [5.74, 6) is 0.436. The third-order valence-corrected chi connectivity index (χ3v) is 1.80. The van der Waals surface area contributed by atoms with Gasteiger partial charge in [0.25, 0.3) is 0 Å². The van der Waals surface area contributed by atoms with Crippen molar-refractivity contribution in [2.75, 3.05) is 0 Å². The zero-order chi connectivity index (χ0) is 9.10. The highest BCUT2D eigenvalue weighted by Gasteiger charge is 2.12. The van der Waals surface area contributed by atoms with Gasteiger partial charge in [0.15, 0.2) is 6.33 Å². The number of nitrogens with zero attached hydrogens (tertiary/aromatic N) is 2. The third kappa shape index (κ3) is 1.57. The van der Waals surface area contributed by atoms with Gasteiger partial charge in [0, 0.05) is 0 Å². The maximum absolute atomic E-state index is 5.86. The Bertz CT molecular complexity index is 358. The van der Waals surface area contributed by atoms with E-state index in [1.807, 2.05) is 30.3 Å². The Morgan fingerprint density at radius 3 is 2.62 bits per heavy atom. The molecule has 0 aliphatic rings. The van der Waals surface area contributed by atoms with E-state index in [0.717, 1.165) is 5.56 Å². The van der Waals surface area contributed by atoms with E-state index in [0.29, 0.717) is 5.89 Å². The van der Waals surface area contributed by atoms with Crippen molar-refractivity contribution >= 4 is 0 Å². The molecule has 1 aromatic heterocycles. The van der Waals surface area contributed by atoms with E-state index in [-0.39, 0.29) is 6.04 Å². The maximum Gasteiger partial charge on any atom is 0.247 e. The molecule has 1 heterocycles. The molecule has 66 valence electrons. The molecule has 1 unspecified atom stereocenters. The predicted octanol–water partition coefficient (Wildman–Crippen LogP) is 1.12. The lowest BCUT2D eigenvalue weighted by molar-refractivity contribution is 0.366. The van der Waals surface area contributed by atoms with Gasteiger partial charge in [-0.2, -0.15) is 4.98 Å². The molecule has 4 nitrogen and oxygen atoms in total. The van der Waals surface area contributed by atoms with Crippen molar-refractivity contribution < 1.29 is 4.52 Å². The smallest absolute Gasteiger partial charge is 0.247 e. The molecule has 0 saturated carbocycles. The van der Waals surface area contributed by atoms with E-state index in [1.165, 1.54) is 6.33 Å². The first kappa shape index (κ1) is 7.94. The minimum Gasteiger partial charge on any atom is -0.338 e. The molecule has 4 heteroatoms. The summed E-state index contributed by atoms with van der Waals surface area (Å²) in [6.07, 6.45) is 1.35. The molecule has 2 aromatic rings. The van der Waals surface area contributed by atoms with Crippen LogP contribution in [0, 0.1) is 0 Å². The van der Waals surface area contributed by atoms with Crippen molar-refractivity contribution in [2.45, 2.75) is 6.04 Å². The molecular weight excluding hydrogens is 166 g/mol. The summed E-state index contributed by atoms with van der Waals surface area (Å²) >= 11 is 0. The molecule has 2 N–H and O–H groups in total. The highest BCUT2D eigenvalue weighted by Crippen LogP contribution is 2.15. The number of benzene rings is 1. The SMILES string of the molecule is NC(c1ccccc1)c1ncno1. The fourth-order valence-electron chi connectivity index (χ4n) is 1.12. The molecule has 0 aliphatic carbocycles. The Labute approximate surface area is 75.4 Å². The number of aromatic nitrogens is 2. The van der Waals surface area contributed by atoms with Gasteiger partial charge in [-0.3, -0.25) is 0 Å². The summed E-state index contributed by atoms with van der Waals surface area (Å²) in [6.45, 7) is 0. The molecule has 0 fully saturated rings. The van der Waals surface area contributed by atoms with E-state index in [4.69, 9.17) is 10.3 Å². The second-order valence-electron chi connectivity index (χ2n) is 2.67. The lowest BCUT2D eigenvalue weighted by atomic mass is 10.1. The molecular formula is C9H9N3O. The predicted molar refractivity (Wildman–Crippen MR) is 46.8 cm³/mol. The van der Waals surface area contributed by atoms with Gasteiger partial charge in [-0.05, 0) is 5.56 Å². The summed E-state index contributed by atoms with van der Waals surface area (Å²) in [4.78, 5) is 3.89. The fourth-order valence-corrected chi connectivity index (χ4v) is 1.12. The second-order valence-corrected chi connectivity index (χ2v) is 2.67. The lowest BCUT2D eigenvalue weighted by Gasteiger charge is -2.05. The van der Waals surface area contributed by atoms with Gasteiger partial charge in [0.2, 0.25) is 5.89 Å². The van der Waals surface area contributed by atoms with Crippen LogP contribution in [0.1, 0.15) is 17.5 Å². The number of hydrogen-bond acceptors (Lipinski definition) is 4. The summed E-state index contributed by atoms with van der Waals surface area (Å²) in [5.41, 5.74) is 6.83. The zero-order valence-electron chi connectivity index (χ0n) is 6.92. The van der Waals surface area contributed by atoms with Crippen LogP contribution in [0.2, 0.25) is 0 Å². The summed E-state index contributed by atoms with van der Waals surface area (Å²) < 4.78 is 4.86. The Morgan fingerprint density at radius 2 is 2.00 bits per heavy atom. The molecule has 13 heavy (non-hydrogen) atoms. The first-order valence-electron chi connectivity index (χ1n) is 3.95. The van der Waals surface area contributed by atoms with Crippen LogP contribution in [0.25, 0.3) is 0 Å². The fraction of sp³-hybridized carbons (Fsp3) is 0.111. The largest absolute Gasteiger partial charge is 0.338 e. The van der Waals surface area contributed by atoms with Crippen molar-refractivity contribution in [2.24, 2.45) is 5.73 Å². The molecule has 0 amide bonds. The van der Waals surface area contributed by atoms with Gasteiger partial charge in [0.1, 0.15) is 6.04 Å². The maximum atomic E-state index is 5.86. The Kier molecular flexibility index (Phi) is 2.06. The topological polar surface area (TPSA) is 64.9 Å². The molecule has 2 rings (SSSR count). The van der Waals surface area contributed by atoms with E-state index in [9.17, 15) is 0 Å². The average molecular weight is 175 g/mol. The monoisotopic (exact) mass is 175 g/mol. The van der Waals surface area contributed by atoms with Crippen LogP contribution in [0.5, 0.6) is 0 Å². The van der Waals surface area contributed by atoms with E-state index < -0.39 is 0 Å². The van der Waals surface area contributed by atoms with Crippen LogP contribution < -0.4 is 5.73 Å². The van der Waals surface area contributed by atoms with Crippen molar-refractivity contribution in [3.05, 3.63) is 48.1 Å². The van der Waals surface area contributed by atoms with Crippen molar-refractivity contribution in [3.63, 3.8) is 0 Å². The van der Waals surface area contributed by atoms with Crippen LogP contribution in [-0.4, -0.2) is 10.1 Å².